The minimum Gasteiger partial charge on any atom is -0.454 e. The van der Waals surface area contributed by atoms with Crippen LogP contribution in [0.4, 0.5) is 17.2 Å². The number of para-hydroxylation sites is 1. The van der Waals surface area contributed by atoms with Crippen molar-refractivity contribution < 1.29 is 14.3 Å². The molecule has 0 radical (unpaired) electrons. The molecule has 1 aromatic heterocycles. The van der Waals surface area contributed by atoms with E-state index in [0.717, 1.165) is 24.5 Å². The van der Waals surface area contributed by atoms with Crippen LogP contribution in [-0.2, 0) is 6.42 Å². The van der Waals surface area contributed by atoms with Gasteiger partial charge in [0.15, 0.2) is 23.0 Å². The molecule has 7 nitrogen and oxygen atoms in total. The molecule has 1 amide bonds. The molecule has 0 unspecified atom stereocenters. The molecule has 7 heteroatoms. The molecule has 0 bridgehead atoms. The van der Waals surface area contributed by atoms with Crippen LogP contribution in [0.2, 0.25) is 0 Å². The number of nitrogens with one attached hydrogen (secondary N) is 1. The fraction of sp³-hybridized carbons (Fsp3) is 0.150. The Morgan fingerprint density at radius 1 is 1.00 bits per heavy atom. The molecule has 0 saturated carbocycles. The van der Waals surface area contributed by atoms with E-state index in [0.29, 0.717) is 17.2 Å². The summed E-state index contributed by atoms with van der Waals surface area (Å²) < 4.78 is 10.6. The Bertz CT molecular complexity index is 1020. The summed E-state index contributed by atoms with van der Waals surface area (Å²) in [6, 6.07) is 17.0. The number of carbonyl (C=O) groups excluding carboxylic acids is 1. The summed E-state index contributed by atoms with van der Waals surface area (Å²) in [5, 5.41) is 11.2. The predicted molar refractivity (Wildman–Crippen MR) is 99.7 cm³/mol. The van der Waals surface area contributed by atoms with Gasteiger partial charge in [-0.05, 0) is 42.3 Å². The summed E-state index contributed by atoms with van der Waals surface area (Å²) in [7, 11) is 0. The van der Waals surface area contributed by atoms with Crippen molar-refractivity contribution >= 4 is 23.1 Å². The third-order valence-electron chi connectivity index (χ3n) is 4.68. The van der Waals surface area contributed by atoms with Gasteiger partial charge in [-0.2, -0.15) is 0 Å². The van der Waals surface area contributed by atoms with Crippen molar-refractivity contribution in [1.82, 2.24) is 10.2 Å². The average molecular weight is 360 g/mol. The van der Waals surface area contributed by atoms with Gasteiger partial charge in [-0.1, -0.05) is 18.2 Å². The van der Waals surface area contributed by atoms with Crippen LogP contribution in [0.1, 0.15) is 16.1 Å². The second-order valence-electron chi connectivity index (χ2n) is 6.33. The number of rotatable bonds is 3. The Balaban J connectivity index is 1.32. The molecule has 3 aromatic rings. The van der Waals surface area contributed by atoms with Gasteiger partial charge >= 0.3 is 0 Å². The highest BCUT2D eigenvalue weighted by atomic mass is 16.7. The zero-order chi connectivity index (χ0) is 18.2. The normalized spacial score (nSPS) is 14.1. The summed E-state index contributed by atoms with van der Waals surface area (Å²) in [6.45, 7) is 1.05. The SMILES string of the molecule is O=C(Nc1ccc2c(c1)OCO2)c1ccc(N2CCc3ccccc32)nn1. The molecular formula is C20H16N4O3. The smallest absolute Gasteiger partial charge is 0.276 e. The molecular weight excluding hydrogens is 344 g/mol. The van der Waals surface area contributed by atoms with Gasteiger partial charge in [0.05, 0.1) is 0 Å². The maximum atomic E-state index is 12.4. The van der Waals surface area contributed by atoms with Crippen molar-refractivity contribution in [3.05, 3.63) is 65.9 Å². The molecule has 2 aliphatic heterocycles. The molecule has 0 aliphatic carbocycles. The number of nitrogens with zero attached hydrogens (tertiary/aromatic N) is 3. The molecule has 0 fully saturated rings. The Kier molecular flexibility index (Phi) is 3.64. The Labute approximate surface area is 155 Å². The molecule has 5 rings (SSSR count). The number of anilines is 3. The molecule has 0 saturated heterocycles. The first-order valence-electron chi connectivity index (χ1n) is 8.68. The molecule has 2 aromatic carbocycles. The fourth-order valence-electron chi connectivity index (χ4n) is 3.34. The standard InChI is InChI=1S/C20H16N4O3/c25-20(21-14-5-7-17-18(11-14)27-12-26-17)15-6-8-19(23-22-15)24-10-9-13-3-1-2-4-16(13)24/h1-8,11H,9-10,12H2,(H,21,25). The van der Waals surface area contributed by atoms with Crippen LogP contribution in [0.3, 0.4) is 0 Å². The van der Waals surface area contributed by atoms with Crippen LogP contribution in [0.25, 0.3) is 0 Å². The minimum atomic E-state index is -0.324. The molecule has 0 spiro atoms. The third kappa shape index (κ3) is 2.83. The van der Waals surface area contributed by atoms with E-state index in [1.165, 1.54) is 5.56 Å². The van der Waals surface area contributed by atoms with Gasteiger partial charge in [-0.3, -0.25) is 4.79 Å². The summed E-state index contributed by atoms with van der Waals surface area (Å²) >= 11 is 0. The number of amides is 1. The lowest BCUT2D eigenvalue weighted by Crippen LogP contribution is -2.18. The number of hydrogen-bond donors (Lipinski definition) is 1. The summed E-state index contributed by atoms with van der Waals surface area (Å²) in [4.78, 5) is 14.6. The average Bonchev–Trinajstić information content (AvgIpc) is 3.34. The van der Waals surface area contributed by atoms with Crippen molar-refractivity contribution in [3.8, 4) is 11.5 Å². The first-order chi connectivity index (χ1) is 13.3. The first kappa shape index (κ1) is 15.6. The lowest BCUT2D eigenvalue weighted by atomic mass is 10.2. The second kappa shape index (κ2) is 6.28. The van der Waals surface area contributed by atoms with E-state index in [1.54, 1.807) is 24.3 Å². The second-order valence-corrected chi connectivity index (χ2v) is 6.33. The van der Waals surface area contributed by atoms with E-state index < -0.39 is 0 Å². The maximum absolute atomic E-state index is 12.4. The van der Waals surface area contributed by atoms with Gasteiger partial charge in [0.25, 0.3) is 5.91 Å². The van der Waals surface area contributed by atoms with Crippen LogP contribution in [-0.4, -0.2) is 29.4 Å². The number of benzene rings is 2. The van der Waals surface area contributed by atoms with Crippen molar-refractivity contribution in [2.45, 2.75) is 6.42 Å². The zero-order valence-corrected chi connectivity index (χ0v) is 14.4. The van der Waals surface area contributed by atoms with Gasteiger partial charge in [0.2, 0.25) is 6.79 Å². The molecule has 1 N–H and O–H groups in total. The lowest BCUT2D eigenvalue weighted by Gasteiger charge is -2.17. The maximum Gasteiger partial charge on any atom is 0.276 e. The van der Waals surface area contributed by atoms with Gasteiger partial charge in [0.1, 0.15) is 0 Å². The molecule has 0 atom stereocenters. The van der Waals surface area contributed by atoms with Crippen LogP contribution < -0.4 is 19.7 Å². The van der Waals surface area contributed by atoms with E-state index >= 15 is 0 Å². The fourth-order valence-corrected chi connectivity index (χ4v) is 3.34. The van der Waals surface area contributed by atoms with E-state index in [-0.39, 0.29) is 18.4 Å². The molecule has 2 aliphatic rings. The highest BCUT2D eigenvalue weighted by molar-refractivity contribution is 6.03. The summed E-state index contributed by atoms with van der Waals surface area (Å²) in [6.07, 6.45) is 0.976. The van der Waals surface area contributed by atoms with Gasteiger partial charge in [0, 0.05) is 24.0 Å². The van der Waals surface area contributed by atoms with Crippen LogP contribution >= 0.6 is 0 Å². The van der Waals surface area contributed by atoms with Gasteiger partial charge in [-0.25, -0.2) is 0 Å². The molecule has 27 heavy (non-hydrogen) atoms. The predicted octanol–water partition coefficient (Wildman–Crippen LogP) is 3.15. The molecule has 134 valence electrons. The minimum absolute atomic E-state index is 0.194. The quantitative estimate of drug-likeness (QED) is 0.773. The van der Waals surface area contributed by atoms with E-state index in [4.69, 9.17) is 9.47 Å². The monoisotopic (exact) mass is 360 g/mol. The lowest BCUT2D eigenvalue weighted by molar-refractivity contribution is 0.102. The molecule has 3 heterocycles. The Hall–Kier alpha value is -3.61. The van der Waals surface area contributed by atoms with Gasteiger partial charge < -0.3 is 19.7 Å². The number of carbonyl (C=O) groups is 1. The largest absolute Gasteiger partial charge is 0.454 e. The Morgan fingerprint density at radius 3 is 2.78 bits per heavy atom. The highest BCUT2D eigenvalue weighted by Crippen LogP contribution is 2.35. The van der Waals surface area contributed by atoms with Crippen molar-refractivity contribution in [3.63, 3.8) is 0 Å². The summed E-state index contributed by atoms with van der Waals surface area (Å²) in [5.41, 5.74) is 3.31. The van der Waals surface area contributed by atoms with Crippen LogP contribution in [0.15, 0.2) is 54.6 Å². The van der Waals surface area contributed by atoms with E-state index in [9.17, 15) is 4.79 Å². The van der Waals surface area contributed by atoms with Crippen molar-refractivity contribution in [2.24, 2.45) is 0 Å². The third-order valence-corrected chi connectivity index (χ3v) is 4.68. The Morgan fingerprint density at radius 2 is 1.89 bits per heavy atom. The van der Waals surface area contributed by atoms with Crippen LogP contribution in [0, 0.1) is 0 Å². The number of aromatic nitrogens is 2. The number of ether oxygens (including phenoxy) is 2. The first-order valence-corrected chi connectivity index (χ1v) is 8.68. The van der Waals surface area contributed by atoms with Gasteiger partial charge in [-0.15, -0.1) is 10.2 Å². The topological polar surface area (TPSA) is 76.6 Å². The number of fused-ring (bicyclic) bond motifs is 2. The summed E-state index contributed by atoms with van der Waals surface area (Å²) in [5.74, 6) is 1.69. The zero-order valence-electron chi connectivity index (χ0n) is 14.4. The van der Waals surface area contributed by atoms with Crippen molar-refractivity contribution in [2.75, 3.05) is 23.6 Å². The van der Waals surface area contributed by atoms with Crippen molar-refractivity contribution in [1.29, 1.82) is 0 Å². The highest BCUT2D eigenvalue weighted by Gasteiger charge is 2.21. The van der Waals surface area contributed by atoms with Crippen LogP contribution in [0.5, 0.6) is 11.5 Å². The van der Waals surface area contributed by atoms with E-state index in [2.05, 4.69) is 32.5 Å². The van der Waals surface area contributed by atoms with E-state index in [1.807, 2.05) is 18.2 Å². The number of hydrogen-bond acceptors (Lipinski definition) is 6.